The fourth-order valence-corrected chi connectivity index (χ4v) is 2.90. The van der Waals surface area contributed by atoms with Crippen LogP contribution in [0.25, 0.3) is 0 Å². The first-order chi connectivity index (χ1) is 10.5. The lowest BCUT2D eigenvalue weighted by molar-refractivity contribution is -0.135. The summed E-state index contributed by atoms with van der Waals surface area (Å²) in [5.41, 5.74) is -0.411. The Morgan fingerprint density at radius 2 is 2.05 bits per heavy atom. The number of carbonyl (C=O) groups is 2. The number of nitrogens with zero attached hydrogens (tertiary/aromatic N) is 1. The van der Waals surface area contributed by atoms with Crippen LogP contribution in [0.4, 0.5) is 14.5 Å². The minimum absolute atomic E-state index is 0.0784. The number of hydrogen-bond donors (Lipinski definition) is 2. The standard InChI is InChI=1S/C14H14F2N2O4/c15-10-2-7(18-5-9-1-8(18)6-22-9)3-11(16)13(10)14(21)17-4-12(19)20/h2-3,8-9H,1,4-6H2,(H,17,21)(H,19,20). The summed E-state index contributed by atoms with van der Waals surface area (Å²) in [6.45, 7) is 0.384. The molecule has 1 aromatic rings. The summed E-state index contributed by atoms with van der Waals surface area (Å²) in [5.74, 6) is -4.41. The SMILES string of the molecule is O=C(O)CNC(=O)c1c(F)cc(N2CC3CC2CO3)cc1F. The highest BCUT2D eigenvalue weighted by molar-refractivity contribution is 5.96. The molecule has 22 heavy (non-hydrogen) atoms. The second kappa shape index (κ2) is 5.53. The number of aliphatic carboxylic acids is 1. The van der Waals surface area contributed by atoms with Gasteiger partial charge in [0.05, 0.1) is 18.8 Å². The van der Waals surface area contributed by atoms with Gasteiger partial charge >= 0.3 is 5.97 Å². The molecule has 2 aliphatic rings. The van der Waals surface area contributed by atoms with Crippen LogP contribution >= 0.6 is 0 Å². The topological polar surface area (TPSA) is 78.9 Å². The van der Waals surface area contributed by atoms with E-state index in [4.69, 9.17) is 9.84 Å². The molecule has 2 unspecified atom stereocenters. The zero-order chi connectivity index (χ0) is 15.9. The quantitative estimate of drug-likeness (QED) is 0.858. The third-order valence-corrected chi connectivity index (χ3v) is 3.89. The Labute approximate surface area is 124 Å². The first-order valence-corrected chi connectivity index (χ1v) is 6.83. The van der Waals surface area contributed by atoms with Crippen LogP contribution in [0.3, 0.4) is 0 Å². The minimum Gasteiger partial charge on any atom is -0.480 e. The summed E-state index contributed by atoms with van der Waals surface area (Å²) < 4.78 is 33.6. The molecule has 1 aromatic carbocycles. The Kier molecular flexibility index (Phi) is 3.69. The van der Waals surface area contributed by atoms with Crippen molar-refractivity contribution < 1.29 is 28.2 Å². The second-order valence-corrected chi connectivity index (χ2v) is 5.36. The molecule has 6 nitrogen and oxygen atoms in total. The van der Waals surface area contributed by atoms with Crippen LogP contribution in [0.5, 0.6) is 0 Å². The van der Waals surface area contributed by atoms with Crippen molar-refractivity contribution in [2.24, 2.45) is 0 Å². The number of hydrogen-bond acceptors (Lipinski definition) is 4. The number of amides is 1. The average molecular weight is 312 g/mol. The highest BCUT2D eigenvalue weighted by Crippen LogP contribution is 2.33. The molecule has 2 atom stereocenters. The third kappa shape index (κ3) is 2.61. The molecule has 8 heteroatoms. The van der Waals surface area contributed by atoms with Gasteiger partial charge in [-0.3, -0.25) is 9.59 Å². The summed E-state index contributed by atoms with van der Waals surface area (Å²) in [4.78, 5) is 23.9. The lowest BCUT2D eigenvalue weighted by Crippen LogP contribution is -2.37. The predicted octanol–water partition coefficient (Wildman–Crippen LogP) is 0.757. The molecule has 0 radical (unpaired) electrons. The number of fused-ring (bicyclic) bond motifs is 2. The number of carboxylic acid groups (broad SMARTS) is 1. The Morgan fingerprint density at radius 3 is 2.55 bits per heavy atom. The monoisotopic (exact) mass is 312 g/mol. The molecular weight excluding hydrogens is 298 g/mol. The molecule has 0 aliphatic carbocycles. The van der Waals surface area contributed by atoms with Crippen molar-refractivity contribution in [2.75, 3.05) is 24.6 Å². The van der Waals surface area contributed by atoms with Crippen molar-refractivity contribution in [1.82, 2.24) is 5.32 Å². The summed E-state index contributed by atoms with van der Waals surface area (Å²) in [6, 6.07) is 2.29. The molecule has 2 saturated heterocycles. The third-order valence-electron chi connectivity index (χ3n) is 3.89. The van der Waals surface area contributed by atoms with E-state index in [2.05, 4.69) is 0 Å². The predicted molar refractivity (Wildman–Crippen MR) is 71.8 cm³/mol. The van der Waals surface area contributed by atoms with Crippen LogP contribution < -0.4 is 10.2 Å². The van der Waals surface area contributed by atoms with Gasteiger partial charge in [0.1, 0.15) is 23.7 Å². The maximum Gasteiger partial charge on any atom is 0.322 e. The number of nitrogens with one attached hydrogen (secondary N) is 1. The minimum atomic E-state index is -1.29. The number of benzene rings is 1. The van der Waals surface area contributed by atoms with Crippen molar-refractivity contribution in [3.05, 3.63) is 29.3 Å². The zero-order valence-electron chi connectivity index (χ0n) is 11.5. The normalized spacial score (nSPS) is 22.9. The molecule has 2 N–H and O–H groups in total. The molecule has 0 aromatic heterocycles. The number of halogens is 2. The lowest BCUT2D eigenvalue weighted by atomic mass is 10.1. The highest BCUT2D eigenvalue weighted by atomic mass is 19.1. The van der Waals surface area contributed by atoms with Gasteiger partial charge in [0.2, 0.25) is 0 Å². The van der Waals surface area contributed by atoms with E-state index in [-0.39, 0.29) is 12.1 Å². The molecule has 118 valence electrons. The van der Waals surface area contributed by atoms with E-state index in [0.717, 1.165) is 18.6 Å². The number of anilines is 1. The van der Waals surface area contributed by atoms with E-state index in [1.165, 1.54) is 0 Å². The van der Waals surface area contributed by atoms with Gasteiger partial charge in [0.25, 0.3) is 5.91 Å². The zero-order valence-corrected chi connectivity index (χ0v) is 11.5. The van der Waals surface area contributed by atoms with E-state index >= 15 is 0 Å². The van der Waals surface area contributed by atoms with Crippen molar-refractivity contribution in [3.63, 3.8) is 0 Å². The molecule has 3 rings (SSSR count). The molecular formula is C14H14F2N2O4. The first-order valence-electron chi connectivity index (χ1n) is 6.83. The Balaban J connectivity index is 1.82. The van der Waals surface area contributed by atoms with Gasteiger partial charge in [-0.15, -0.1) is 0 Å². The number of carbonyl (C=O) groups excluding carboxylic acids is 1. The Morgan fingerprint density at radius 1 is 1.36 bits per heavy atom. The second-order valence-electron chi connectivity index (χ2n) is 5.36. The van der Waals surface area contributed by atoms with Crippen LogP contribution in [-0.2, 0) is 9.53 Å². The fraction of sp³-hybridized carbons (Fsp3) is 0.429. The number of rotatable bonds is 4. The van der Waals surface area contributed by atoms with Gasteiger partial charge in [0, 0.05) is 12.2 Å². The molecule has 0 saturated carbocycles. The molecule has 2 heterocycles. The Bertz CT molecular complexity index is 614. The van der Waals surface area contributed by atoms with E-state index in [1.54, 1.807) is 0 Å². The lowest BCUT2D eigenvalue weighted by Gasteiger charge is -2.29. The van der Waals surface area contributed by atoms with Crippen molar-refractivity contribution in [2.45, 2.75) is 18.6 Å². The number of ether oxygens (including phenoxy) is 1. The van der Waals surface area contributed by atoms with Crippen LogP contribution in [0.1, 0.15) is 16.8 Å². The Hall–Kier alpha value is -2.22. The highest BCUT2D eigenvalue weighted by Gasteiger charge is 2.39. The summed E-state index contributed by atoms with van der Waals surface area (Å²) in [6.07, 6.45) is 0.902. The number of morpholine rings is 1. The van der Waals surface area contributed by atoms with E-state index in [1.807, 2.05) is 10.2 Å². The summed E-state index contributed by atoms with van der Waals surface area (Å²) in [7, 11) is 0. The van der Waals surface area contributed by atoms with Gasteiger partial charge < -0.3 is 20.1 Å². The molecule has 2 aliphatic heterocycles. The molecule has 1 amide bonds. The van der Waals surface area contributed by atoms with Crippen LogP contribution in [-0.4, -0.2) is 48.8 Å². The van der Waals surface area contributed by atoms with Gasteiger partial charge in [-0.2, -0.15) is 0 Å². The van der Waals surface area contributed by atoms with E-state index in [9.17, 15) is 18.4 Å². The smallest absolute Gasteiger partial charge is 0.322 e. The summed E-state index contributed by atoms with van der Waals surface area (Å²) >= 11 is 0. The average Bonchev–Trinajstić information content (AvgIpc) is 3.06. The van der Waals surface area contributed by atoms with Gasteiger partial charge in [0.15, 0.2) is 0 Å². The fourth-order valence-electron chi connectivity index (χ4n) is 2.90. The van der Waals surface area contributed by atoms with E-state index < -0.39 is 35.6 Å². The van der Waals surface area contributed by atoms with Gasteiger partial charge in [-0.25, -0.2) is 8.78 Å². The first kappa shape index (κ1) is 14.7. The molecule has 2 fully saturated rings. The van der Waals surface area contributed by atoms with Crippen molar-refractivity contribution >= 4 is 17.6 Å². The van der Waals surface area contributed by atoms with Crippen molar-refractivity contribution in [1.29, 1.82) is 0 Å². The number of carboxylic acids is 1. The molecule has 2 bridgehead atoms. The van der Waals surface area contributed by atoms with Crippen LogP contribution in [0, 0.1) is 11.6 Å². The van der Waals surface area contributed by atoms with E-state index in [0.29, 0.717) is 18.8 Å². The van der Waals surface area contributed by atoms with Crippen LogP contribution in [0.2, 0.25) is 0 Å². The summed E-state index contributed by atoms with van der Waals surface area (Å²) in [5, 5.41) is 10.4. The maximum absolute atomic E-state index is 14.1. The van der Waals surface area contributed by atoms with Crippen LogP contribution in [0.15, 0.2) is 12.1 Å². The van der Waals surface area contributed by atoms with Gasteiger partial charge in [-0.05, 0) is 18.6 Å². The maximum atomic E-state index is 14.1. The molecule has 0 spiro atoms. The van der Waals surface area contributed by atoms with Gasteiger partial charge in [-0.1, -0.05) is 0 Å². The van der Waals surface area contributed by atoms with Crippen molar-refractivity contribution in [3.8, 4) is 0 Å². The largest absolute Gasteiger partial charge is 0.480 e.